The molecule has 1 fully saturated rings. The molecular weight excluding hydrogens is 214 g/mol. The summed E-state index contributed by atoms with van der Waals surface area (Å²) in [5.74, 6) is 0.172. The Bertz CT molecular complexity index is 399. The minimum atomic E-state index is 0.00445. The van der Waals surface area contributed by atoms with Crippen LogP contribution in [-0.4, -0.2) is 35.4 Å². The zero-order chi connectivity index (χ0) is 12.3. The largest absolute Gasteiger partial charge is 0.339 e. The van der Waals surface area contributed by atoms with Crippen molar-refractivity contribution in [3.8, 4) is 0 Å². The van der Waals surface area contributed by atoms with Gasteiger partial charge in [-0.2, -0.15) is 0 Å². The van der Waals surface area contributed by atoms with E-state index in [0.717, 1.165) is 30.8 Å². The standard InChI is InChI=1S/C13H19N3O/c1-10-5-3-6-11(15-10)9-16(2)13(17)12-7-4-8-14-12/h3,5-6,12,14H,4,7-9H2,1-2H3/t12-/m0/s1. The molecule has 0 saturated carbocycles. The Kier molecular flexibility index (Phi) is 3.74. The molecule has 4 heteroatoms. The number of hydrogen-bond donors (Lipinski definition) is 1. The smallest absolute Gasteiger partial charge is 0.239 e. The van der Waals surface area contributed by atoms with Crippen molar-refractivity contribution in [2.24, 2.45) is 0 Å². The zero-order valence-electron chi connectivity index (χ0n) is 10.4. The second-order valence-electron chi connectivity index (χ2n) is 4.61. The van der Waals surface area contributed by atoms with Gasteiger partial charge in [0.1, 0.15) is 0 Å². The molecule has 1 N–H and O–H groups in total. The van der Waals surface area contributed by atoms with Crippen LogP contribution >= 0.6 is 0 Å². The first-order chi connectivity index (χ1) is 8.16. The van der Waals surface area contributed by atoms with Gasteiger partial charge in [0, 0.05) is 12.7 Å². The van der Waals surface area contributed by atoms with E-state index in [2.05, 4.69) is 10.3 Å². The van der Waals surface area contributed by atoms with Gasteiger partial charge in [0.15, 0.2) is 0 Å². The fourth-order valence-electron chi connectivity index (χ4n) is 2.17. The molecule has 0 unspecified atom stereocenters. The van der Waals surface area contributed by atoms with E-state index in [-0.39, 0.29) is 11.9 Å². The molecule has 0 aliphatic carbocycles. The van der Waals surface area contributed by atoms with Gasteiger partial charge in [0.05, 0.1) is 18.3 Å². The van der Waals surface area contributed by atoms with Crippen LogP contribution in [0.15, 0.2) is 18.2 Å². The third-order valence-corrected chi connectivity index (χ3v) is 3.08. The molecule has 1 amide bonds. The predicted molar refractivity (Wildman–Crippen MR) is 66.5 cm³/mol. The average Bonchev–Trinajstić information content (AvgIpc) is 2.81. The molecule has 0 bridgehead atoms. The van der Waals surface area contributed by atoms with Gasteiger partial charge in [0.25, 0.3) is 0 Å². The molecule has 2 rings (SSSR count). The number of carbonyl (C=O) groups is 1. The summed E-state index contributed by atoms with van der Waals surface area (Å²) in [6, 6.07) is 5.90. The van der Waals surface area contributed by atoms with Crippen molar-refractivity contribution in [2.45, 2.75) is 32.4 Å². The number of rotatable bonds is 3. The highest BCUT2D eigenvalue weighted by Crippen LogP contribution is 2.09. The maximum atomic E-state index is 12.1. The molecule has 1 saturated heterocycles. The van der Waals surface area contributed by atoms with Gasteiger partial charge in [-0.1, -0.05) is 6.07 Å². The Hall–Kier alpha value is -1.42. The number of carbonyl (C=O) groups excluding carboxylic acids is 1. The molecule has 17 heavy (non-hydrogen) atoms. The van der Waals surface area contributed by atoms with Gasteiger partial charge >= 0.3 is 0 Å². The molecule has 1 aromatic rings. The fraction of sp³-hybridized carbons (Fsp3) is 0.538. The Balaban J connectivity index is 1.96. The highest BCUT2D eigenvalue weighted by Gasteiger charge is 2.24. The van der Waals surface area contributed by atoms with E-state index >= 15 is 0 Å². The van der Waals surface area contributed by atoms with E-state index in [0.29, 0.717) is 6.54 Å². The molecule has 1 aromatic heterocycles. The number of nitrogens with zero attached hydrogens (tertiary/aromatic N) is 2. The van der Waals surface area contributed by atoms with Crippen molar-refractivity contribution < 1.29 is 4.79 Å². The van der Waals surface area contributed by atoms with Crippen LogP contribution in [0.1, 0.15) is 24.2 Å². The van der Waals surface area contributed by atoms with Crippen LogP contribution in [0.4, 0.5) is 0 Å². The lowest BCUT2D eigenvalue weighted by Crippen LogP contribution is -2.41. The van der Waals surface area contributed by atoms with Gasteiger partial charge in [-0.3, -0.25) is 9.78 Å². The van der Waals surface area contributed by atoms with Crippen LogP contribution in [0.25, 0.3) is 0 Å². The molecule has 4 nitrogen and oxygen atoms in total. The Labute approximate surface area is 102 Å². The third kappa shape index (κ3) is 3.03. The summed E-state index contributed by atoms with van der Waals surface area (Å²) in [4.78, 5) is 18.2. The average molecular weight is 233 g/mol. The Morgan fingerprint density at radius 2 is 2.41 bits per heavy atom. The number of hydrogen-bond acceptors (Lipinski definition) is 3. The first-order valence-electron chi connectivity index (χ1n) is 6.08. The van der Waals surface area contributed by atoms with Gasteiger partial charge < -0.3 is 10.2 Å². The molecule has 1 atom stereocenters. The van der Waals surface area contributed by atoms with Gasteiger partial charge in [0.2, 0.25) is 5.91 Å². The number of nitrogens with one attached hydrogen (secondary N) is 1. The van der Waals surface area contributed by atoms with Crippen molar-refractivity contribution in [1.29, 1.82) is 0 Å². The highest BCUT2D eigenvalue weighted by molar-refractivity contribution is 5.81. The molecule has 92 valence electrons. The number of aryl methyl sites for hydroxylation is 1. The summed E-state index contributed by atoms with van der Waals surface area (Å²) in [6.07, 6.45) is 2.04. The summed E-state index contributed by atoms with van der Waals surface area (Å²) in [6.45, 7) is 3.50. The number of likely N-dealkylation sites (N-methyl/N-ethyl adjacent to an activating group) is 1. The topological polar surface area (TPSA) is 45.2 Å². The summed E-state index contributed by atoms with van der Waals surface area (Å²) in [5, 5.41) is 3.22. The Morgan fingerprint density at radius 3 is 3.06 bits per heavy atom. The van der Waals surface area contributed by atoms with Crippen LogP contribution in [0.2, 0.25) is 0 Å². The number of amides is 1. The highest BCUT2D eigenvalue weighted by atomic mass is 16.2. The summed E-state index contributed by atoms with van der Waals surface area (Å²) in [7, 11) is 1.84. The predicted octanol–water partition coefficient (Wildman–Crippen LogP) is 1.10. The van der Waals surface area contributed by atoms with Crippen LogP contribution in [-0.2, 0) is 11.3 Å². The lowest BCUT2D eigenvalue weighted by atomic mass is 10.2. The second-order valence-corrected chi connectivity index (χ2v) is 4.61. The van der Waals surface area contributed by atoms with Crippen molar-refractivity contribution >= 4 is 5.91 Å². The van der Waals surface area contributed by atoms with Crippen LogP contribution in [0, 0.1) is 6.92 Å². The van der Waals surface area contributed by atoms with Gasteiger partial charge in [-0.25, -0.2) is 0 Å². The normalized spacial score (nSPS) is 19.3. The van der Waals surface area contributed by atoms with Crippen LogP contribution < -0.4 is 5.32 Å². The van der Waals surface area contributed by atoms with Crippen molar-refractivity contribution in [2.75, 3.05) is 13.6 Å². The van der Waals surface area contributed by atoms with E-state index in [4.69, 9.17) is 0 Å². The SMILES string of the molecule is Cc1cccc(CN(C)C(=O)[C@@H]2CCCN2)n1. The number of aromatic nitrogens is 1. The van der Waals surface area contributed by atoms with E-state index in [9.17, 15) is 4.79 Å². The molecule has 0 radical (unpaired) electrons. The molecular formula is C13H19N3O. The van der Waals surface area contributed by atoms with Gasteiger partial charge in [-0.15, -0.1) is 0 Å². The molecule has 1 aliphatic heterocycles. The molecule has 1 aliphatic rings. The zero-order valence-corrected chi connectivity index (χ0v) is 10.4. The summed E-state index contributed by atoms with van der Waals surface area (Å²) in [5.41, 5.74) is 1.93. The van der Waals surface area contributed by atoms with Crippen molar-refractivity contribution in [1.82, 2.24) is 15.2 Å². The summed E-state index contributed by atoms with van der Waals surface area (Å²) < 4.78 is 0. The van der Waals surface area contributed by atoms with E-state index in [1.54, 1.807) is 4.90 Å². The monoisotopic (exact) mass is 233 g/mol. The third-order valence-electron chi connectivity index (χ3n) is 3.08. The van der Waals surface area contributed by atoms with E-state index < -0.39 is 0 Å². The second kappa shape index (κ2) is 5.27. The fourth-order valence-corrected chi connectivity index (χ4v) is 2.17. The molecule has 2 heterocycles. The van der Waals surface area contributed by atoms with Crippen molar-refractivity contribution in [3.05, 3.63) is 29.6 Å². The summed E-state index contributed by atoms with van der Waals surface area (Å²) >= 11 is 0. The van der Waals surface area contributed by atoms with Crippen molar-refractivity contribution in [3.63, 3.8) is 0 Å². The Morgan fingerprint density at radius 1 is 1.59 bits per heavy atom. The number of pyridine rings is 1. The minimum Gasteiger partial charge on any atom is -0.339 e. The minimum absolute atomic E-state index is 0.00445. The maximum absolute atomic E-state index is 12.1. The van der Waals surface area contributed by atoms with E-state index in [1.807, 2.05) is 32.2 Å². The van der Waals surface area contributed by atoms with Crippen LogP contribution in [0.3, 0.4) is 0 Å². The lowest BCUT2D eigenvalue weighted by molar-refractivity contribution is -0.132. The van der Waals surface area contributed by atoms with Crippen LogP contribution in [0.5, 0.6) is 0 Å². The quantitative estimate of drug-likeness (QED) is 0.850. The first-order valence-corrected chi connectivity index (χ1v) is 6.08. The molecule has 0 spiro atoms. The first kappa shape index (κ1) is 12.0. The van der Waals surface area contributed by atoms with Gasteiger partial charge in [-0.05, 0) is 38.4 Å². The van der Waals surface area contributed by atoms with E-state index in [1.165, 1.54) is 0 Å². The lowest BCUT2D eigenvalue weighted by Gasteiger charge is -2.20. The maximum Gasteiger partial charge on any atom is 0.239 e. The molecule has 0 aromatic carbocycles.